The monoisotopic (exact) mass is 373 g/mol. The Labute approximate surface area is 124 Å². The molecular weight excluding hydrogens is 352 g/mol. The van der Waals surface area contributed by atoms with Crippen molar-refractivity contribution in [2.75, 3.05) is 0 Å². The van der Waals surface area contributed by atoms with Crippen LogP contribution in [0.1, 0.15) is 64.2 Å². The summed E-state index contributed by atoms with van der Waals surface area (Å²) in [5.41, 5.74) is 1.36. The first-order chi connectivity index (χ1) is 7.21. The van der Waals surface area contributed by atoms with Gasteiger partial charge in [-0.15, -0.1) is 0 Å². The molecule has 2 saturated carbocycles. The second-order valence-electron chi connectivity index (χ2n) is 5.19. The molecule has 0 aromatic carbocycles. The molecule has 0 aromatic rings. The summed E-state index contributed by atoms with van der Waals surface area (Å²) in [6.45, 7) is 0. The summed E-state index contributed by atoms with van der Waals surface area (Å²) in [6.07, 6.45) is 13.4. The molecule has 0 heterocycles. The normalized spacial score (nSPS) is 25.1. The maximum atomic E-state index is 6.77. The predicted molar refractivity (Wildman–Crippen MR) is 72.4 cm³/mol. The molecule has 2 aliphatic rings. The molecule has 0 N–H and O–H groups in total. The molecule has 0 spiro atoms. The molecule has 2 rings (SSSR count). The fraction of sp³-hybridized carbons (Fsp3) is 1.00. The topological polar surface area (TPSA) is 0 Å². The van der Waals surface area contributed by atoms with Gasteiger partial charge in [-0.3, -0.25) is 0 Å². The van der Waals surface area contributed by atoms with E-state index in [1.165, 1.54) is 64.2 Å². The Hall–Kier alpha value is 1.67. The third kappa shape index (κ3) is 3.83. The Kier molecular flexibility index (Phi) is 7.18. The molecule has 0 saturated heterocycles. The van der Waals surface area contributed by atoms with Crippen molar-refractivity contribution in [3.8, 4) is 0 Å². The van der Waals surface area contributed by atoms with Gasteiger partial charge in [-0.1, -0.05) is 12.8 Å². The molecule has 0 bridgehead atoms. The van der Waals surface area contributed by atoms with Crippen LogP contribution in [0.2, 0.25) is 0 Å². The van der Waals surface area contributed by atoms with E-state index in [9.17, 15) is 0 Å². The van der Waals surface area contributed by atoms with E-state index in [1.54, 1.807) is 0 Å². The third-order valence-electron chi connectivity index (χ3n) is 4.12. The summed E-state index contributed by atoms with van der Waals surface area (Å²) < 4.78 is 0. The Bertz CT molecular complexity index is 179. The van der Waals surface area contributed by atoms with Crippen LogP contribution >= 0.6 is 28.4 Å². The molecule has 0 amide bonds. The van der Waals surface area contributed by atoms with Crippen molar-refractivity contribution in [2.24, 2.45) is 0 Å². The summed E-state index contributed by atoms with van der Waals surface area (Å²) in [5.74, 6) is -1.65. The van der Waals surface area contributed by atoms with Crippen molar-refractivity contribution in [1.29, 1.82) is 0 Å². The molecule has 0 nitrogen and oxygen atoms in total. The fourth-order valence-corrected chi connectivity index (χ4v) is 8.19. The fourth-order valence-electron chi connectivity index (χ4n) is 3.15. The number of hydrogen-bond donors (Lipinski definition) is 0. The first-order valence-corrected chi connectivity index (χ1v) is 10.2. The van der Waals surface area contributed by atoms with E-state index in [0.717, 1.165) is 0 Å². The van der Waals surface area contributed by atoms with Gasteiger partial charge in [-0.25, -0.2) is 0 Å². The SMILES string of the molecule is Cl[P+](Cl)(C1CCCCC1)C1CCCCC1.[Pd]. The zero-order valence-electron chi connectivity index (χ0n) is 9.75. The Morgan fingerprint density at radius 3 is 1.25 bits per heavy atom. The second-order valence-corrected chi connectivity index (χ2v) is 11.7. The van der Waals surface area contributed by atoms with Crippen LogP contribution in [0.4, 0.5) is 0 Å². The van der Waals surface area contributed by atoms with Gasteiger partial charge in [0.2, 0.25) is 5.97 Å². The van der Waals surface area contributed by atoms with Gasteiger partial charge in [-0.2, -0.15) is 0 Å². The molecule has 0 atom stereocenters. The second kappa shape index (κ2) is 7.31. The Morgan fingerprint density at radius 1 is 0.625 bits per heavy atom. The molecule has 0 aliphatic heterocycles. The van der Waals surface area contributed by atoms with Crippen LogP contribution in [0.15, 0.2) is 0 Å². The molecule has 2 aliphatic carbocycles. The summed E-state index contributed by atoms with van der Waals surface area (Å²) in [6, 6.07) is 0. The van der Waals surface area contributed by atoms with Crippen LogP contribution in [-0.2, 0) is 20.4 Å². The minimum absolute atomic E-state index is 0. The number of rotatable bonds is 2. The van der Waals surface area contributed by atoms with Crippen molar-refractivity contribution in [1.82, 2.24) is 0 Å². The van der Waals surface area contributed by atoms with Gasteiger partial charge in [0, 0.05) is 20.4 Å². The molecule has 0 unspecified atom stereocenters. The zero-order valence-corrected chi connectivity index (χ0v) is 13.7. The molecular formula is C12H22Cl2PPd+. The Balaban J connectivity index is 0.00000128. The van der Waals surface area contributed by atoms with Crippen molar-refractivity contribution in [3.63, 3.8) is 0 Å². The van der Waals surface area contributed by atoms with Crippen molar-refractivity contribution >= 4 is 28.4 Å². The summed E-state index contributed by atoms with van der Waals surface area (Å²) in [7, 11) is 0. The largest absolute Gasteiger partial charge is 0.217 e. The van der Waals surface area contributed by atoms with E-state index in [0.29, 0.717) is 11.3 Å². The molecule has 98 valence electrons. The van der Waals surface area contributed by atoms with Gasteiger partial charge in [0.05, 0.1) is 0 Å². The van der Waals surface area contributed by atoms with Gasteiger partial charge in [-0.05, 0) is 51.4 Å². The van der Waals surface area contributed by atoms with Crippen LogP contribution in [0.3, 0.4) is 0 Å². The van der Waals surface area contributed by atoms with Crippen molar-refractivity contribution < 1.29 is 20.4 Å². The maximum Gasteiger partial charge on any atom is 0.217 e. The van der Waals surface area contributed by atoms with Gasteiger partial charge >= 0.3 is 0 Å². The van der Waals surface area contributed by atoms with Gasteiger partial charge in [0.1, 0.15) is 33.8 Å². The quantitative estimate of drug-likeness (QED) is 0.412. The van der Waals surface area contributed by atoms with Crippen LogP contribution < -0.4 is 0 Å². The van der Waals surface area contributed by atoms with E-state index in [2.05, 4.69) is 0 Å². The van der Waals surface area contributed by atoms with Crippen LogP contribution in [0.5, 0.6) is 0 Å². The maximum absolute atomic E-state index is 6.77. The predicted octanol–water partition coefficient (Wildman–Crippen LogP) is 5.97. The van der Waals surface area contributed by atoms with E-state index in [1.807, 2.05) is 0 Å². The van der Waals surface area contributed by atoms with Crippen molar-refractivity contribution in [3.05, 3.63) is 0 Å². The molecule has 4 heteroatoms. The van der Waals surface area contributed by atoms with Crippen LogP contribution in [0.25, 0.3) is 0 Å². The number of hydrogen-bond acceptors (Lipinski definition) is 0. The molecule has 16 heavy (non-hydrogen) atoms. The smallest absolute Gasteiger partial charge is 0.0530 e. The molecule has 2 fully saturated rings. The standard InChI is InChI=1S/C12H22Cl2P.Pd/c13-15(14,11-7-3-1-4-8-11)12-9-5-2-6-10-12;/h11-12H,1-10H2;/q+1;. The Morgan fingerprint density at radius 2 is 0.938 bits per heavy atom. The van der Waals surface area contributed by atoms with E-state index >= 15 is 0 Å². The average Bonchev–Trinajstić information content (AvgIpc) is 2.31. The van der Waals surface area contributed by atoms with Crippen LogP contribution in [0, 0.1) is 0 Å². The van der Waals surface area contributed by atoms with E-state index in [-0.39, 0.29) is 20.4 Å². The zero-order chi connectivity index (χ0) is 10.7. The molecule has 0 aromatic heterocycles. The summed E-state index contributed by atoms with van der Waals surface area (Å²) in [4.78, 5) is 0. The summed E-state index contributed by atoms with van der Waals surface area (Å²) in [5, 5.41) is 0. The summed E-state index contributed by atoms with van der Waals surface area (Å²) >= 11 is 13.5. The minimum atomic E-state index is -1.65. The van der Waals surface area contributed by atoms with Crippen LogP contribution in [-0.4, -0.2) is 11.3 Å². The average molecular weight is 375 g/mol. The van der Waals surface area contributed by atoms with E-state index in [4.69, 9.17) is 22.5 Å². The van der Waals surface area contributed by atoms with Gasteiger partial charge in [0.15, 0.2) is 0 Å². The first-order valence-electron chi connectivity index (χ1n) is 6.49. The molecule has 0 radical (unpaired) electrons. The van der Waals surface area contributed by atoms with Crippen molar-refractivity contribution in [2.45, 2.75) is 75.5 Å². The van der Waals surface area contributed by atoms with Gasteiger partial charge in [0.25, 0.3) is 0 Å². The number of halogens is 2. The minimum Gasteiger partial charge on any atom is -0.0530 e. The third-order valence-corrected chi connectivity index (χ3v) is 10.4. The van der Waals surface area contributed by atoms with E-state index < -0.39 is 5.97 Å². The van der Waals surface area contributed by atoms with Gasteiger partial charge < -0.3 is 0 Å². The first kappa shape index (κ1) is 15.7.